The maximum absolute atomic E-state index is 9.83. The highest BCUT2D eigenvalue weighted by Gasteiger charge is 2.49. The van der Waals surface area contributed by atoms with Crippen molar-refractivity contribution >= 4 is 12.3 Å². The minimum absolute atomic E-state index is 0.0170. The molecule has 1 N–H and O–H groups in total. The van der Waals surface area contributed by atoms with E-state index in [0.29, 0.717) is 6.54 Å². The molecule has 1 spiro atoms. The molecule has 0 radical (unpaired) electrons. The van der Waals surface area contributed by atoms with Crippen LogP contribution in [-0.2, 0) is 6.54 Å². The minimum atomic E-state index is -0.227. The third-order valence-corrected chi connectivity index (χ3v) is 7.30. The largest absolute Gasteiger partial charge is 0.497 e. The molecule has 2 aliphatic rings. The Morgan fingerprint density at radius 2 is 1.62 bits per heavy atom. The molecular formula is C31H35N3O3. The Morgan fingerprint density at radius 1 is 0.946 bits per heavy atom. The molecule has 2 atom stereocenters. The van der Waals surface area contributed by atoms with Gasteiger partial charge in [0.05, 0.1) is 38.8 Å². The Labute approximate surface area is 219 Å². The van der Waals surface area contributed by atoms with Crippen molar-refractivity contribution in [2.75, 3.05) is 40.5 Å². The van der Waals surface area contributed by atoms with Crippen molar-refractivity contribution in [2.24, 2.45) is 10.5 Å². The summed E-state index contributed by atoms with van der Waals surface area (Å²) in [5.41, 5.74) is 4.78. The summed E-state index contributed by atoms with van der Waals surface area (Å²) in [7, 11) is 3.38. The number of hydrogen-bond acceptors (Lipinski definition) is 6. The predicted octanol–water partition coefficient (Wildman–Crippen LogP) is 5.01. The van der Waals surface area contributed by atoms with Gasteiger partial charge in [0.25, 0.3) is 0 Å². The molecule has 5 rings (SSSR count). The van der Waals surface area contributed by atoms with Crippen LogP contribution in [0.15, 0.2) is 89.5 Å². The number of nitrogens with zero attached hydrogens (tertiary/aromatic N) is 3. The number of aliphatic hydroxyl groups is 1. The van der Waals surface area contributed by atoms with Crippen LogP contribution in [0.1, 0.15) is 29.2 Å². The van der Waals surface area contributed by atoms with Gasteiger partial charge in [-0.15, -0.1) is 0 Å². The minimum Gasteiger partial charge on any atom is -0.497 e. The first-order chi connectivity index (χ1) is 18.1. The number of aliphatic hydroxyl groups excluding tert-OH is 1. The number of hydrogen-bond donors (Lipinski definition) is 1. The number of piperidine rings is 1. The summed E-state index contributed by atoms with van der Waals surface area (Å²) in [4.78, 5) is 2.53. The molecule has 37 heavy (non-hydrogen) atoms. The Hall–Kier alpha value is -3.61. The summed E-state index contributed by atoms with van der Waals surface area (Å²) >= 11 is 0. The standard InChI is InChI=1S/C31H35N3O3/c1-36-28-12-8-24(9-13-28)18-26-19-31(23-33(21-26)20-25-6-4-3-5-7-25)22-32-34(16-17-35)30(31)27-10-14-29(37-2)15-11-27/h3-15,18,22,30,35H,16-17,19-21,23H2,1-2H3. The first-order valence-electron chi connectivity index (χ1n) is 12.8. The maximum atomic E-state index is 9.83. The van der Waals surface area contributed by atoms with E-state index >= 15 is 0 Å². The second kappa shape index (κ2) is 11.2. The van der Waals surface area contributed by atoms with Crippen molar-refractivity contribution in [2.45, 2.75) is 19.0 Å². The molecule has 0 bridgehead atoms. The summed E-state index contributed by atoms with van der Waals surface area (Å²) < 4.78 is 10.8. The van der Waals surface area contributed by atoms with Crippen molar-refractivity contribution < 1.29 is 14.6 Å². The van der Waals surface area contributed by atoms with Gasteiger partial charge < -0.3 is 14.6 Å². The molecule has 1 fully saturated rings. The zero-order valence-corrected chi connectivity index (χ0v) is 21.6. The molecule has 0 aliphatic carbocycles. The highest BCUT2D eigenvalue weighted by atomic mass is 16.5. The summed E-state index contributed by atoms with van der Waals surface area (Å²) in [6.07, 6.45) is 5.34. The van der Waals surface area contributed by atoms with Gasteiger partial charge in [0.15, 0.2) is 0 Å². The number of methoxy groups -OCH3 is 2. The summed E-state index contributed by atoms with van der Waals surface area (Å²) in [5, 5.41) is 16.7. The van der Waals surface area contributed by atoms with E-state index in [4.69, 9.17) is 14.6 Å². The van der Waals surface area contributed by atoms with E-state index in [1.54, 1.807) is 14.2 Å². The topological polar surface area (TPSA) is 57.5 Å². The van der Waals surface area contributed by atoms with Gasteiger partial charge in [-0.2, -0.15) is 5.10 Å². The van der Waals surface area contributed by atoms with Crippen LogP contribution in [0.2, 0.25) is 0 Å². The average molecular weight is 498 g/mol. The van der Waals surface area contributed by atoms with Gasteiger partial charge in [-0.05, 0) is 47.4 Å². The molecule has 2 aliphatic heterocycles. The van der Waals surface area contributed by atoms with Crippen LogP contribution in [0.4, 0.5) is 0 Å². The van der Waals surface area contributed by atoms with E-state index in [0.717, 1.165) is 43.1 Å². The third kappa shape index (κ3) is 5.55. The Morgan fingerprint density at radius 3 is 2.27 bits per heavy atom. The zero-order chi connectivity index (χ0) is 25.7. The van der Waals surface area contributed by atoms with Crippen LogP contribution in [-0.4, -0.2) is 61.7 Å². The summed E-state index contributed by atoms with van der Waals surface area (Å²) in [6.45, 7) is 3.19. The van der Waals surface area contributed by atoms with Crippen LogP contribution < -0.4 is 9.47 Å². The number of hydrazone groups is 1. The average Bonchev–Trinajstić information content (AvgIpc) is 3.26. The lowest BCUT2D eigenvalue weighted by atomic mass is 9.71. The van der Waals surface area contributed by atoms with Crippen LogP contribution in [0.5, 0.6) is 11.5 Å². The molecule has 2 unspecified atom stereocenters. The van der Waals surface area contributed by atoms with Crippen molar-refractivity contribution in [1.29, 1.82) is 0 Å². The molecule has 0 amide bonds. The quantitative estimate of drug-likeness (QED) is 0.474. The van der Waals surface area contributed by atoms with Gasteiger partial charge in [0.1, 0.15) is 11.5 Å². The van der Waals surface area contributed by atoms with Crippen molar-refractivity contribution in [3.8, 4) is 11.5 Å². The van der Waals surface area contributed by atoms with E-state index < -0.39 is 0 Å². The fourth-order valence-corrected chi connectivity index (χ4v) is 5.75. The number of likely N-dealkylation sites (tertiary alicyclic amines) is 1. The van der Waals surface area contributed by atoms with E-state index in [1.807, 2.05) is 24.3 Å². The fraction of sp³-hybridized carbons (Fsp3) is 0.323. The van der Waals surface area contributed by atoms with Crippen LogP contribution in [0.3, 0.4) is 0 Å². The predicted molar refractivity (Wildman–Crippen MR) is 148 cm³/mol. The third-order valence-electron chi connectivity index (χ3n) is 7.30. The molecule has 6 nitrogen and oxygen atoms in total. The van der Waals surface area contributed by atoms with Gasteiger partial charge in [-0.1, -0.05) is 66.2 Å². The fourth-order valence-electron chi connectivity index (χ4n) is 5.75. The summed E-state index contributed by atoms with van der Waals surface area (Å²) in [6, 6.07) is 27.2. The molecule has 0 aromatic heterocycles. The smallest absolute Gasteiger partial charge is 0.118 e. The van der Waals surface area contributed by atoms with Crippen molar-refractivity contribution in [3.63, 3.8) is 0 Å². The van der Waals surface area contributed by atoms with E-state index in [2.05, 4.69) is 76.8 Å². The first-order valence-corrected chi connectivity index (χ1v) is 12.8. The molecule has 2 heterocycles. The first kappa shape index (κ1) is 25.1. The monoisotopic (exact) mass is 497 g/mol. The molecule has 3 aromatic rings. The zero-order valence-electron chi connectivity index (χ0n) is 21.6. The lowest BCUT2D eigenvalue weighted by Crippen LogP contribution is -2.48. The molecule has 1 saturated heterocycles. The SMILES string of the molecule is COc1ccc(C=C2CN(Cc3ccccc3)CC3(C=NN(CCO)C3c3ccc(OC)cc3)C2)cc1. The van der Waals surface area contributed by atoms with Gasteiger partial charge in [0.2, 0.25) is 0 Å². The number of benzene rings is 3. The van der Waals surface area contributed by atoms with Crippen molar-refractivity contribution in [3.05, 3.63) is 101 Å². The van der Waals surface area contributed by atoms with Gasteiger partial charge >= 0.3 is 0 Å². The van der Waals surface area contributed by atoms with Crippen LogP contribution >= 0.6 is 0 Å². The van der Waals surface area contributed by atoms with E-state index in [-0.39, 0.29) is 18.1 Å². The number of β-amino-alcohol motifs (C(OH)–C–C–N with tert-alkyl or cyclic N) is 1. The second-order valence-electron chi connectivity index (χ2n) is 9.92. The lowest BCUT2D eigenvalue weighted by Gasteiger charge is -2.45. The Kier molecular flexibility index (Phi) is 7.58. The highest BCUT2D eigenvalue weighted by Crippen LogP contribution is 2.49. The Bertz CT molecular complexity index is 1220. The van der Waals surface area contributed by atoms with Crippen LogP contribution in [0.25, 0.3) is 6.08 Å². The molecule has 3 aromatic carbocycles. The number of rotatable bonds is 8. The highest BCUT2D eigenvalue weighted by molar-refractivity contribution is 5.72. The molecule has 6 heteroatoms. The second-order valence-corrected chi connectivity index (χ2v) is 9.92. The summed E-state index contributed by atoms with van der Waals surface area (Å²) in [5.74, 6) is 1.69. The lowest BCUT2D eigenvalue weighted by molar-refractivity contribution is 0.0736. The Balaban J connectivity index is 1.52. The normalized spacial score (nSPS) is 22.6. The number of ether oxygens (including phenoxy) is 2. The molecule has 192 valence electrons. The maximum Gasteiger partial charge on any atom is 0.118 e. The van der Waals surface area contributed by atoms with Gasteiger partial charge in [0, 0.05) is 25.8 Å². The van der Waals surface area contributed by atoms with Crippen molar-refractivity contribution in [1.82, 2.24) is 9.91 Å². The molecular weight excluding hydrogens is 462 g/mol. The van der Waals surface area contributed by atoms with Gasteiger partial charge in [-0.3, -0.25) is 9.91 Å². The molecule has 0 saturated carbocycles. The van der Waals surface area contributed by atoms with Gasteiger partial charge in [-0.25, -0.2) is 0 Å². The van der Waals surface area contributed by atoms with Crippen LogP contribution in [0, 0.1) is 5.41 Å². The van der Waals surface area contributed by atoms with E-state index in [1.165, 1.54) is 16.7 Å². The van der Waals surface area contributed by atoms with E-state index in [9.17, 15) is 5.11 Å².